The van der Waals surface area contributed by atoms with Crippen molar-refractivity contribution in [2.24, 2.45) is 5.73 Å². The van der Waals surface area contributed by atoms with Crippen LogP contribution in [0.2, 0.25) is 0 Å². The van der Waals surface area contributed by atoms with Crippen molar-refractivity contribution in [1.82, 2.24) is 25.9 Å². The van der Waals surface area contributed by atoms with Crippen LogP contribution < -0.4 is 32.3 Å². The molecule has 0 aliphatic carbocycles. The van der Waals surface area contributed by atoms with Crippen molar-refractivity contribution >= 4 is 93.2 Å². The zero-order valence-electron chi connectivity index (χ0n) is 38.2. The van der Waals surface area contributed by atoms with E-state index in [1.54, 1.807) is 65.8 Å². The molecule has 0 aliphatic rings. The molecule has 2 aromatic carbocycles. The Kier molecular flexibility index (Phi) is 24.4. The molecule has 4 rings (SSSR count). The van der Waals surface area contributed by atoms with E-state index in [2.05, 4.69) is 46.0 Å². The van der Waals surface area contributed by atoms with E-state index in [1.165, 1.54) is 43.8 Å². The number of halogens is 1. The number of carbonyl (C=O) groups is 8. The first-order valence-electron chi connectivity index (χ1n) is 19.7. The molecular weight excluding hydrogens is 956 g/mol. The van der Waals surface area contributed by atoms with Crippen LogP contribution in [0.5, 0.6) is 11.5 Å². The maximum Gasteiger partial charge on any atom is 0.407 e. The van der Waals surface area contributed by atoms with Crippen LogP contribution in [0.3, 0.4) is 0 Å². The second-order valence-electron chi connectivity index (χ2n) is 15.6. The Labute approximate surface area is 404 Å². The van der Waals surface area contributed by atoms with Crippen LogP contribution in [0.1, 0.15) is 72.0 Å². The molecule has 4 aromatic rings. The van der Waals surface area contributed by atoms with Crippen LogP contribution in [0.4, 0.5) is 19.9 Å². The molecular formula is C42H55ClN8O15S2. The third kappa shape index (κ3) is 23.9. The Morgan fingerprint density at radius 1 is 0.676 bits per heavy atom. The summed E-state index contributed by atoms with van der Waals surface area (Å²) in [6.07, 6.45) is 1.17. The standard InChI is InChI=1S/C21H26N4O7S.C12H10N2O4S.C9H18N2O4.ClH/c1-21(2,3)32-20(30)23-10-14(18(29)31-4)24-17(28)15-11-22-19(33-15)25-16(27)9-12-6-5-7-13(26)8-12;15-8-3-1-2-7(4-8)5-10(16)14-12-13-6-9(19-12)11(17)18;1-9(2,3)15-8(13)11-5-6(10)7(12)14-4;/h5-8,11,14,26H,9-10H2,1-4H3,(H,23,30)(H,24,28)(H,22,25,27);1-4,6,15H,5H2,(H,17,18)(H,13,14,16);6H,5,10H2,1-4H3,(H,11,13);1H/t14-;;6-;/m0.0./s1. The zero-order chi connectivity index (χ0) is 50.5. The lowest BCUT2D eigenvalue weighted by molar-refractivity contribution is -0.143. The second kappa shape index (κ2) is 28.2. The Morgan fingerprint density at radius 3 is 1.50 bits per heavy atom. The summed E-state index contributed by atoms with van der Waals surface area (Å²) in [6.45, 7) is 10.0. The summed E-state index contributed by atoms with van der Waals surface area (Å²) in [4.78, 5) is 101. The van der Waals surface area contributed by atoms with E-state index in [0.29, 0.717) is 11.1 Å². The van der Waals surface area contributed by atoms with Gasteiger partial charge in [-0.25, -0.2) is 29.1 Å². The fourth-order valence-electron chi connectivity index (χ4n) is 4.70. The molecule has 68 heavy (non-hydrogen) atoms. The number of aromatic hydroxyl groups is 2. The van der Waals surface area contributed by atoms with Crippen molar-refractivity contribution < 1.29 is 72.6 Å². The quantitative estimate of drug-likeness (QED) is 0.0600. The highest BCUT2D eigenvalue weighted by Gasteiger charge is 2.26. The number of methoxy groups -OCH3 is 2. The van der Waals surface area contributed by atoms with Crippen LogP contribution in [0.15, 0.2) is 60.9 Å². The highest BCUT2D eigenvalue weighted by Crippen LogP contribution is 2.20. The van der Waals surface area contributed by atoms with Gasteiger partial charge < -0.3 is 66.6 Å². The number of phenols is 2. The number of alkyl carbamates (subject to hydrolysis) is 2. The summed E-state index contributed by atoms with van der Waals surface area (Å²) >= 11 is 1.80. The van der Waals surface area contributed by atoms with Gasteiger partial charge in [-0.2, -0.15) is 0 Å². The van der Waals surface area contributed by atoms with E-state index in [1.807, 2.05) is 0 Å². The normalized spacial score (nSPS) is 11.4. The number of carboxylic acids is 1. The molecule has 2 atom stereocenters. The minimum atomic E-state index is -1.17. The first-order valence-corrected chi connectivity index (χ1v) is 21.4. The van der Waals surface area contributed by atoms with E-state index >= 15 is 0 Å². The predicted octanol–water partition coefficient (Wildman–Crippen LogP) is 3.99. The Balaban J connectivity index is 0.000000559. The number of nitrogens with one attached hydrogen (secondary N) is 5. The van der Waals surface area contributed by atoms with Gasteiger partial charge in [0.2, 0.25) is 11.8 Å². The highest BCUT2D eigenvalue weighted by atomic mass is 35.5. The molecule has 0 aliphatic heterocycles. The van der Waals surface area contributed by atoms with Crippen LogP contribution in [-0.4, -0.2) is 124 Å². The number of rotatable bonds is 15. The van der Waals surface area contributed by atoms with Gasteiger partial charge in [0.1, 0.15) is 44.5 Å². The lowest BCUT2D eigenvalue weighted by Gasteiger charge is -2.21. The minimum Gasteiger partial charge on any atom is -0.508 e. The number of anilines is 2. The topological polar surface area (TPSA) is 346 Å². The molecule has 10 N–H and O–H groups in total. The fraction of sp³-hybridized carbons (Fsp3) is 0.381. The number of aromatic nitrogens is 2. The Hall–Kier alpha value is -7.09. The summed E-state index contributed by atoms with van der Waals surface area (Å²) in [6, 6.07) is 10.6. The number of hydrogen-bond donors (Lipinski definition) is 9. The van der Waals surface area contributed by atoms with Crippen molar-refractivity contribution in [2.75, 3.05) is 37.9 Å². The Bertz CT molecular complexity index is 2350. The number of hydrogen-bond acceptors (Lipinski definition) is 19. The van der Waals surface area contributed by atoms with Crippen molar-refractivity contribution in [3.8, 4) is 11.5 Å². The van der Waals surface area contributed by atoms with Crippen molar-refractivity contribution in [3.05, 3.63) is 81.8 Å². The maximum atomic E-state index is 12.5. The molecule has 26 heteroatoms. The number of amides is 5. The number of benzene rings is 2. The van der Waals surface area contributed by atoms with Crippen molar-refractivity contribution in [3.63, 3.8) is 0 Å². The second-order valence-corrected chi connectivity index (χ2v) is 17.7. The molecule has 372 valence electrons. The first-order chi connectivity index (χ1) is 31.3. The Morgan fingerprint density at radius 2 is 1.10 bits per heavy atom. The molecule has 0 radical (unpaired) electrons. The number of aromatic carboxylic acids is 1. The SMILES string of the molecule is COC(=O)[C@@H](N)CNC(=O)OC(C)(C)C.COC(=O)[C@H](CNC(=O)OC(C)(C)C)NC(=O)c1cnc(NC(=O)Cc2cccc(O)c2)s1.Cl.O=C(Cc1cccc(O)c1)Nc1ncc(C(=O)O)s1. The summed E-state index contributed by atoms with van der Waals surface area (Å²) in [5, 5.41) is 40.2. The number of nitrogens with zero attached hydrogens (tertiary/aromatic N) is 2. The van der Waals surface area contributed by atoms with Crippen molar-refractivity contribution in [1.29, 1.82) is 0 Å². The zero-order valence-corrected chi connectivity index (χ0v) is 40.6. The van der Waals surface area contributed by atoms with Gasteiger partial charge >= 0.3 is 30.1 Å². The summed E-state index contributed by atoms with van der Waals surface area (Å²) in [7, 11) is 2.39. The van der Waals surface area contributed by atoms with Gasteiger partial charge in [0.25, 0.3) is 5.91 Å². The van der Waals surface area contributed by atoms with E-state index < -0.39 is 59.3 Å². The number of carbonyl (C=O) groups excluding carboxylic acids is 7. The van der Waals surface area contributed by atoms with Crippen LogP contribution in [-0.2, 0) is 51.0 Å². The van der Waals surface area contributed by atoms with E-state index in [-0.39, 0.29) is 81.7 Å². The monoisotopic (exact) mass is 1010 g/mol. The van der Waals surface area contributed by atoms with Gasteiger partial charge in [0.05, 0.1) is 46.0 Å². The molecule has 2 heterocycles. The summed E-state index contributed by atoms with van der Waals surface area (Å²) in [5.74, 6) is -3.61. The molecule has 0 bridgehead atoms. The summed E-state index contributed by atoms with van der Waals surface area (Å²) in [5.41, 5.74) is 5.37. The molecule has 2 aromatic heterocycles. The molecule has 0 unspecified atom stereocenters. The van der Waals surface area contributed by atoms with Gasteiger partial charge in [0, 0.05) is 6.54 Å². The average molecular weight is 1010 g/mol. The lowest BCUT2D eigenvalue weighted by Crippen LogP contribution is -2.49. The molecule has 0 fully saturated rings. The fourth-order valence-corrected chi connectivity index (χ4v) is 6.11. The number of phenolic OH excluding ortho intramolecular Hbond substituents is 2. The number of ether oxygens (including phenoxy) is 4. The molecule has 0 saturated carbocycles. The van der Waals surface area contributed by atoms with Crippen LogP contribution >= 0.6 is 35.1 Å². The molecule has 5 amide bonds. The molecule has 23 nitrogen and oxygen atoms in total. The number of thiazole rings is 2. The average Bonchev–Trinajstić information content (AvgIpc) is 3.90. The first kappa shape index (κ1) is 58.9. The predicted molar refractivity (Wildman–Crippen MR) is 251 cm³/mol. The van der Waals surface area contributed by atoms with Gasteiger partial charge in [-0.15, -0.1) is 12.4 Å². The number of carboxylic acid groups (broad SMARTS) is 1. The van der Waals surface area contributed by atoms with Gasteiger partial charge in [0.15, 0.2) is 10.3 Å². The third-order valence-corrected chi connectivity index (χ3v) is 9.31. The van der Waals surface area contributed by atoms with Crippen LogP contribution in [0, 0.1) is 0 Å². The number of nitrogens with two attached hydrogens (primary N) is 1. The lowest BCUT2D eigenvalue weighted by atomic mass is 10.1. The van der Waals surface area contributed by atoms with Gasteiger partial charge in [-0.3, -0.25) is 19.2 Å². The number of esters is 2. The van der Waals surface area contributed by atoms with Crippen LogP contribution in [0.25, 0.3) is 0 Å². The third-order valence-electron chi connectivity index (χ3n) is 7.50. The minimum absolute atomic E-state index is 0. The molecule has 0 saturated heterocycles. The largest absolute Gasteiger partial charge is 0.508 e. The maximum absolute atomic E-state index is 12.5. The van der Waals surface area contributed by atoms with E-state index in [9.17, 15) is 48.6 Å². The van der Waals surface area contributed by atoms with Gasteiger partial charge in [-0.1, -0.05) is 46.9 Å². The van der Waals surface area contributed by atoms with E-state index in [4.69, 9.17) is 20.3 Å². The molecule has 0 spiro atoms. The van der Waals surface area contributed by atoms with Crippen molar-refractivity contribution in [2.45, 2.75) is 77.7 Å². The highest BCUT2D eigenvalue weighted by molar-refractivity contribution is 7.17. The van der Waals surface area contributed by atoms with Gasteiger partial charge in [-0.05, 0) is 76.9 Å². The van der Waals surface area contributed by atoms with E-state index in [0.717, 1.165) is 29.8 Å². The summed E-state index contributed by atoms with van der Waals surface area (Å²) < 4.78 is 19.1. The smallest absolute Gasteiger partial charge is 0.407 e.